The maximum Gasteiger partial charge on any atom is 0.259 e. The van der Waals surface area contributed by atoms with Crippen LogP contribution in [0.1, 0.15) is 54.9 Å². The minimum atomic E-state index is -0.688. The van der Waals surface area contributed by atoms with Gasteiger partial charge in [-0.05, 0) is 55.0 Å². The lowest BCUT2D eigenvalue weighted by atomic mass is 9.95. The largest absolute Gasteiger partial charge is 0.497 e. The topological polar surface area (TPSA) is 79.0 Å². The molecule has 0 saturated heterocycles. The number of amides is 3. The molecule has 0 unspecified atom stereocenters. The van der Waals surface area contributed by atoms with E-state index in [4.69, 9.17) is 4.74 Å². The van der Waals surface area contributed by atoms with E-state index < -0.39 is 6.04 Å². The fraction of sp³-hybridized carbons (Fsp3) is 0.367. The molecule has 2 aliphatic rings. The highest BCUT2D eigenvalue weighted by molar-refractivity contribution is 6.26. The Labute approximate surface area is 217 Å². The molecule has 0 radical (unpaired) electrons. The van der Waals surface area contributed by atoms with Gasteiger partial charge in [-0.25, -0.2) is 0 Å². The van der Waals surface area contributed by atoms with E-state index in [9.17, 15) is 14.4 Å². The summed E-state index contributed by atoms with van der Waals surface area (Å²) in [5, 5.41) is 4.99. The number of nitrogens with zero attached hydrogens (tertiary/aromatic N) is 2. The summed E-state index contributed by atoms with van der Waals surface area (Å²) in [6.45, 7) is 1.88. The van der Waals surface area contributed by atoms with Crippen LogP contribution in [0.2, 0.25) is 0 Å². The molecule has 7 heteroatoms. The minimum Gasteiger partial charge on any atom is -0.497 e. The minimum absolute atomic E-state index is 0.135. The van der Waals surface area contributed by atoms with Gasteiger partial charge in [-0.2, -0.15) is 0 Å². The van der Waals surface area contributed by atoms with E-state index in [2.05, 4.69) is 5.32 Å². The number of anilines is 1. The Morgan fingerprint density at radius 2 is 1.73 bits per heavy atom. The highest BCUT2D eigenvalue weighted by Gasteiger charge is 2.34. The van der Waals surface area contributed by atoms with Crippen LogP contribution < -0.4 is 15.0 Å². The second-order valence-corrected chi connectivity index (χ2v) is 9.96. The highest BCUT2D eigenvalue weighted by atomic mass is 16.5. The first-order valence-corrected chi connectivity index (χ1v) is 13.0. The van der Waals surface area contributed by atoms with Crippen molar-refractivity contribution >= 4 is 34.2 Å². The second kappa shape index (κ2) is 10.6. The van der Waals surface area contributed by atoms with Gasteiger partial charge in [0.25, 0.3) is 5.91 Å². The first kappa shape index (κ1) is 24.8. The molecule has 1 aliphatic heterocycles. The number of carbonyl (C=O) groups is 3. The second-order valence-electron chi connectivity index (χ2n) is 9.96. The van der Waals surface area contributed by atoms with Crippen LogP contribution in [0.3, 0.4) is 0 Å². The maximum atomic E-state index is 13.8. The molecule has 5 rings (SSSR count). The molecule has 3 amide bonds. The molecular formula is C30H33N3O4. The monoisotopic (exact) mass is 499 g/mol. The van der Waals surface area contributed by atoms with Crippen molar-refractivity contribution in [2.75, 3.05) is 18.6 Å². The van der Waals surface area contributed by atoms with E-state index in [1.54, 1.807) is 25.0 Å². The molecule has 1 fully saturated rings. The third kappa shape index (κ3) is 5.03. The number of rotatable bonds is 8. The van der Waals surface area contributed by atoms with E-state index in [1.807, 2.05) is 54.6 Å². The van der Waals surface area contributed by atoms with Gasteiger partial charge in [-0.15, -0.1) is 0 Å². The van der Waals surface area contributed by atoms with Crippen LogP contribution in [0, 0.1) is 0 Å². The predicted molar refractivity (Wildman–Crippen MR) is 144 cm³/mol. The van der Waals surface area contributed by atoms with Crippen molar-refractivity contribution < 1.29 is 19.1 Å². The van der Waals surface area contributed by atoms with Crippen molar-refractivity contribution in [3.63, 3.8) is 0 Å². The summed E-state index contributed by atoms with van der Waals surface area (Å²) in [6.07, 6.45) is 5.35. The Bertz CT molecular complexity index is 1310. The van der Waals surface area contributed by atoms with Crippen LogP contribution in [0.5, 0.6) is 5.75 Å². The summed E-state index contributed by atoms with van der Waals surface area (Å²) >= 11 is 0. The number of hydrogen-bond acceptors (Lipinski definition) is 4. The number of carbonyl (C=O) groups excluding carboxylic acids is 3. The van der Waals surface area contributed by atoms with E-state index in [1.165, 1.54) is 11.3 Å². The molecule has 1 atom stereocenters. The van der Waals surface area contributed by atoms with Crippen LogP contribution in [0.15, 0.2) is 60.7 Å². The van der Waals surface area contributed by atoms with Gasteiger partial charge in [-0.3, -0.25) is 19.3 Å². The van der Waals surface area contributed by atoms with Gasteiger partial charge in [-0.1, -0.05) is 55.7 Å². The first-order chi connectivity index (χ1) is 18.0. The molecule has 1 N–H and O–H groups in total. The predicted octanol–water partition coefficient (Wildman–Crippen LogP) is 4.67. The summed E-state index contributed by atoms with van der Waals surface area (Å²) < 4.78 is 5.26. The molecule has 3 aromatic rings. The van der Waals surface area contributed by atoms with Crippen LogP contribution in [0.4, 0.5) is 5.69 Å². The van der Waals surface area contributed by atoms with Gasteiger partial charge in [0.05, 0.1) is 12.8 Å². The lowest BCUT2D eigenvalue weighted by molar-refractivity contribution is -0.139. The Kier molecular flexibility index (Phi) is 7.12. The van der Waals surface area contributed by atoms with Crippen molar-refractivity contribution in [1.29, 1.82) is 0 Å². The quantitative estimate of drug-likeness (QED) is 0.488. The van der Waals surface area contributed by atoms with Crippen LogP contribution in [-0.4, -0.2) is 48.4 Å². The van der Waals surface area contributed by atoms with Crippen molar-refractivity contribution in [3.8, 4) is 5.75 Å². The van der Waals surface area contributed by atoms with Gasteiger partial charge >= 0.3 is 0 Å². The average Bonchev–Trinajstić information content (AvgIpc) is 3.20. The molecule has 3 aromatic carbocycles. The Morgan fingerprint density at radius 1 is 1.03 bits per heavy atom. The third-order valence-corrected chi connectivity index (χ3v) is 7.57. The third-order valence-electron chi connectivity index (χ3n) is 7.57. The lowest BCUT2D eigenvalue weighted by Crippen LogP contribution is -2.52. The number of benzene rings is 3. The number of nitrogens with one attached hydrogen (secondary N) is 1. The maximum absolute atomic E-state index is 13.8. The molecule has 1 aliphatic carbocycles. The Hall–Kier alpha value is -3.87. The van der Waals surface area contributed by atoms with E-state index >= 15 is 0 Å². The summed E-state index contributed by atoms with van der Waals surface area (Å²) in [5.74, 6) is 0.0919. The molecular weight excluding hydrogens is 466 g/mol. The molecule has 0 aromatic heterocycles. The van der Waals surface area contributed by atoms with Crippen molar-refractivity contribution in [3.05, 3.63) is 71.8 Å². The van der Waals surface area contributed by atoms with Gasteiger partial charge in [0.15, 0.2) is 0 Å². The zero-order valence-electron chi connectivity index (χ0n) is 21.4. The fourth-order valence-corrected chi connectivity index (χ4v) is 5.44. The summed E-state index contributed by atoms with van der Waals surface area (Å²) in [6, 6.07) is 18.3. The number of methoxy groups -OCH3 is 1. The van der Waals surface area contributed by atoms with Crippen LogP contribution >= 0.6 is 0 Å². The summed E-state index contributed by atoms with van der Waals surface area (Å²) in [4.78, 5) is 43.5. The van der Waals surface area contributed by atoms with Gasteiger partial charge in [0, 0.05) is 23.5 Å². The highest BCUT2D eigenvalue weighted by Crippen LogP contribution is 2.37. The standard InChI is InChI=1S/C30H33N3O4/c1-20(29(35)31-23-10-4-3-5-11-23)32(18-21-14-16-24(37-2)17-15-21)27(34)19-33-26-13-7-9-22-8-6-12-25(28(22)26)30(33)36/h6-9,12-17,20,23H,3-5,10-11,18-19H2,1-2H3,(H,31,35)/t20-/m0/s1. The van der Waals surface area contributed by atoms with E-state index in [0.29, 0.717) is 5.56 Å². The van der Waals surface area contributed by atoms with Gasteiger partial charge in [0.1, 0.15) is 18.3 Å². The molecule has 7 nitrogen and oxygen atoms in total. The average molecular weight is 500 g/mol. The molecule has 1 saturated carbocycles. The van der Waals surface area contributed by atoms with Crippen molar-refractivity contribution in [1.82, 2.24) is 10.2 Å². The Balaban J connectivity index is 1.39. The van der Waals surface area contributed by atoms with Crippen molar-refractivity contribution in [2.24, 2.45) is 0 Å². The molecule has 1 heterocycles. The fourth-order valence-electron chi connectivity index (χ4n) is 5.44. The van der Waals surface area contributed by atoms with Gasteiger partial charge < -0.3 is 15.0 Å². The zero-order chi connectivity index (χ0) is 25.9. The number of hydrogen-bond donors (Lipinski definition) is 1. The summed E-state index contributed by atoms with van der Waals surface area (Å²) in [7, 11) is 1.61. The molecule has 0 bridgehead atoms. The normalized spacial score (nSPS) is 16.1. The van der Waals surface area contributed by atoms with E-state index in [-0.39, 0.29) is 36.9 Å². The number of ether oxygens (including phenoxy) is 1. The molecule has 0 spiro atoms. The first-order valence-electron chi connectivity index (χ1n) is 13.0. The Morgan fingerprint density at radius 3 is 2.43 bits per heavy atom. The molecule has 192 valence electrons. The van der Waals surface area contributed by atoms with E-state index in [0.717, 1.165) is 53.5 Å². The summed E-state index contributed by atoms with van der Waals surface area (Å²) in [5.41, 5.74) is 2.21. The zero-order valence-corrected chi connectivity index (χ0v) is 21.4. The lowest BCUT2D eigenvalue weighted by Gasteiger charge is -2.32. The molecule has 37 heavy (non-hydrogen) atoms. The van der Waals surface area contributed by atoms with Crippen LogP contribution in [-0.2, 0) is 16.1 Å². The smallest absolute Gasteiger partial charge is 0.259 e. The SMILES string of the molecule is COc1ccc(CN(C(=O)CN2C(=O)c3cccc4cccc2c34)[C@@H](C)C(=O)NC2CCCCC2)cc1. The van der Waals surface area contributed by atoms with Gasteiger partial charge in [0.2, 0.25) is 11.8 Å². The van der Waals surface area contributed by atoms with Crippen molar-refractivity contribution in [2.45, 2.75) is 57.7 Å². The van der Waals surface area contributed by atoms with Crippen LogP contribution in [0.25, 0.3) is 10.8 Å².